The summed E-state index contributed by atoms with van der Waals surface area (Å²) >= 11 is 1.71. The lowest BCUT2D eigenvalue weighted by Gasteiger charge is -2.23. The fourth-order valence-corrected chi connectivity index (χ4v) is 2.22. The van der Waals surface area contributed by atoms with Crippen LogP contribution in [0.5, 0.6) is 0 Å². The molecule has 0 radical (unpaired) electrons. The molecule has 0 aromatic carbocycles. The van der Waals surface area contributed by atoms with Gasteiger partial charge in [-0.1, -0.05) is 0 Å². The molecular formula is C13H18N2OS. The van der Waals surface area contributed by atoms with E-state index in [-0.39, 0.29) is 11.6 Å². The molecule has 1 atom stereocenters. The van der Waals surface area contributed by atoms with E-state index in [2.05, 4.69) is 28.8 Å². The number of thiophene rings is 1. The Kier molecular flexibility index (Phi) is 3.47. The number of hydrogen-bond acceptors (Lipinski definition) is 4. The normalized spacial score (nSPS) is 14.1. The van der Waals surface area contributed by atoms with E-state index in [1.807, 2.05) is 33.0 Å². The average molecular weight is 250 g/mol. The van der Waals surface area contributed by atoms with Crippen LogP contribution in [0.1, 0.15) is 39.3 Å². The number of aromatic nitrogens is 1. The largest absolute Gasteiger partial charge is 0.296 e. The summed E-state index contributed by atoms with van der Waals surface area (Å²) in [6, 6.07) is 4.33. The second kappa shape index (κ2) is 4.72. The minimum atomic E-state index is -0.186. The quantitative estimate of drug-likeness (QED) is 0.844. The van der Waals surface area contributed by atoms with E-state index in [4.69, 9.17) is 4.84 Å². The SMILES string of the molecule is CC(NOC(C)(C)C)c1cnc2ccsc2c1. The molecule has 0 saturated carbocycles. The van der Waals surface area contributed by atoms with Crippen molar-refractivity contribution in [1.29, 1.82) is 0 Å². The number of hydrogen-bond donors (Lipinski definition) is 1. The Morgan fingerprint density at radius 1 is 1.41 bits per heavy atom. The third-order valence-corrected chi connectivity index (χ3v) is 3.22. The Labute approximate surface area is 106 Å². The van der Waals surface area contributed by atoms with Gasteiger partial charge in [-0.05, 0) is 50.8 Å². The molecule has 92 valence electrons. The van der Waals surface area contributed by atoms with Gasteiger partial charge in [0, 0.05) is 6.20 Å². The van der Waals surface area contributed by atoms with Gasteiger partial charge in [-0.3, -0.25) is 9.82 Å². The molecule has 2 rings (SSSR count). The standard InChI is InChI=1S/C13H18N2OS/c1-9(15-16-13(2,3)4)10-7-12-11(14-8-10)5-6-17-12/h5-9,15H,1-4H3. The van der Waals surface area contributed by atoms with Crippen LogP contribution in [0, 0.1) is 0 Å². The van der Waals surface area contributed by atoms with Gasteiger partial charge in [0.05, 0.1) is 21.9 Å². The van der Waals surface area contributed by atoms with E-state index in [1.165, 1.54) is 4.70 Å². The molecule has 0 spiro atoms. The average Bonchev–Trinajstić information content (AvgIpc) is 2.71. The molecule has 1 unspecified atom stereocenters. The molecule has 2 heterocycles. The van der Waals surface area contributed by atoms with Gasteiger partial charge in [0.1, 0.15) is 0 Å². The van der Waals surface area contributed by atoms with Crippen molar-refractivity contribution in [3.05, 3.63) is 29.3 Å². The maximum Gasteiger partial charge on any atom is 0.0813 e. The molecule has 0 fully saturated rings. The third kappa shape index (κ3) is 3.25. The number of pyridine rings is 1. The molecule has 0 aliphatic rings. The smallest absolute Gasteiger partial charge is 0.0813 e. The Balaban J connectivity index is 2.10. The van der Waals surface area contributed by atoms with Crippen LogP contribution in [0.4, 0.5) is 0 Å². The number of hydroxylamine groups is 1. The van der Waals surface area contributed by atoms with Crippen LogP contribution in [0.2, 0.25) is 0 Å². The van der Waals surface area contributed by atoms with Gasteiger partial charge >= 0.3 is 0 Å². The molecule has 0 aliphatic carbocycles. The summed E-state index contributed by atoms with van der Waals surface area (Å²) in [4.78, 5) is 9.99. The van der Waals surface area contributed by atoms with Gasteiger partial charge in [0.25, 0.3) is 0 Å². The van der Waals surface area contributed by atoms with Gasteiger partial charge in [0.15, 0.2) is 0 Å². The fraction of sp³-hybridized carbons (Fsp3) is 0.462. The van der Waals surface area contributed by atoms with Crippen molar-refractivity contribution in [2.24, 2.45) is 0 Å². The highest BCUT2D eigenvalue weighted by Crippen LogP contribution is 2.23. The maximum absolute atomic E-state index is 5.56. The molecule has 2 aromatic heterocycles. The first-order valence-electron chi connectivity index (χ1n) is 5.72. The zero-order valence-electron chi connectivity index (χ0n) is 10.7. The van der Waals surface area contributed by atoms with E-state index >= 15 is 0 Å². The summed E-state index contributed by atoms with van der Waals surface area (Å²) in [6.45, 7) is 8.14. The molecule has 4 heteroatoms. The maximum atomic E-state index is 5.56. The van der Waals surface area contributed by atoms with Crippen LogP contribution in [0.15, 0.2) is 23.7 Å². The molecular weight excluding hydrogens is 232 g/mol. The Hall–Kier alpha value is -0.970. The van der Waals surface area contributed by atoms with Gasteiger partial charge in [-0.2, -0.15) is 5.48 Å². The Bertz CT molecular complexity index is 501. The topological polar surface area (TPSA) is 34.1 Å². The molecule has 0 saturated heterocycles. The minimum absolute atomic E-state index is 0.133. The molecule has 2 aromatic rings. The van der Waals surface area contributed by atoms with E-state index in [0.29, 0.717) is 0 Å². The first kappa shape index (κ1) is 12.5. The van der Waals surface area contributed by atoms with E-state index in [1.54, 1.807) is 11.3 Å². The van der Waals surface area contributed by atoms with Crippen molar-refractivity contribution in [3.63, 3.8) is 0 Å². The monoisotopic (exact) mass is 250 g/mol. The second-order valence-corrected chi connectivity index (χ2v) is 6.07. The molecule has 0 bridgehead atoms. The van der Waals surface area contributed by atoms with E-state index in [9.17, 15) is 0 Å². The molecule has 1 N–H and O–H groups in total. The summed E-state index contributed by atoms with van der Waals surface area (Å²) < 4.78 is 1.21. The number of fused-ring (bicyclic) bond motifs is 1. The first-order chi connectivity index (χ1) is 7.96. The van der Waals surface area contributed by atoms with Crippen molar-refractivity contribution < 1.29 is 4.84 Å². The van der Waals surface area contributed by atoms with Crippen LogP contribution in [0.3, 0.4) is 0 Å². The highest BCUT2D eigenvalue weighted by Gasteiger charge is 2.14. The highest BCUT2D eigenvalue weighted by molar-refractivity contribution is 7.17. The molecule has 0 amide bonds. The van der Waals surface area contributed by atoms with Crippen molar-refractivity contribution in [2.75, 3.05) is 0 Å². The molecule has 3 nitrogen and oxygen atoms in total. The predicted octanol–water partition coefficient (Wildman–Crippen LogP) is 3.68. The van der Waals surface area contributed by atoms with Crippen molar-refractivity contribution in [3.8, 4) is 0 Å². The van der Waals surface area contributed by atoms with Gasteiger partial charge in [-0.25, -0.2) is 0 Å². The lowest BCUT2D eigenvalue weighted by molar-refractivity contribution is -0.0866. The predicted molar refractivity (Wildman–Crippen MR) is 72.0 cm³/mol. The van der Waals surface area contributed by atoms with Crippen molar-refractivity contribution in [1.82, 2.24) is 10.5 Å². The first-order valence-corrected chi connectivity index (χ1v) is 6.60. The summed E-state index contributed by atoms with van der Waals surface area (Å²) in [5.74, 6) is 0. The molecule has 0 aliphatic heterocycles. The highest BCUT2D eigenvalue weighted by atomic mass is 32.1. The zero-order valence-corrected chi connectivity index (χ0v) is 11.5. The number of rotatable bonds is 3. The third-order valence-electron chi connectivity index (χ3n) is 2.37. The minimum Gasteiger partial charge on any atom is -0.296 e. The van der Waals surface area contributed by atoms with E-state index in [0.717, 1.165) is 11.1 Å². The van der Waals surface area contributed by atoms with Crippen LogP contribution >= 0.6 is 11.3 Å². The zero-order chi connectivity index (χ0) is 12.5. The Morgan fingerprint density at radius 3 is 2.88 bits per heavy atom. The van der Waals surface area contributed by atoms with Crippen LogP contribution < -0.4 is 5.48 Å². The van der Waals surface area contributed by atoms with Crippen LogP contribution in [-0.2, 0) is 4.84 Å². The van der Waals surface area contributed by atoms with Crippen molar-refractivity contribution in [2.45, 2.75) is 39.3 Å². The lowest BCUT2D eigenvalue weighted by atomic mass is 10.1. The van der Waals surface area contributed by atoms with Gasteiger partial charge in [0.2, 0.25) is 0 Å². The second-order valence-electron chi connectivity index (χ2n) is 5.13. The summed E-state index contributed by atoms with van der Waals surface area (Å²) in [7, 11) is 0. The van der Waals surface area contributed by atoms with Gasteiger partial charge in [-0.15, -0.1) is 11.3 Å². The summed E-state index contributed by atoms with van der Waals surface area (Å²) in [5.41, 5.74) is 5.08. The van der Waals surface area contributed by atoms with Gasteiger partial charge < -0.3 is 0 Å². The number of nitrogens with one attached hydrogen (secondary N) is 1. The lowest BCUT2D eigenvalue weighted by Crippen LogP contribution is -2.31. The fourth-order valence-electron chi connectivity index (χ4n) is 1.43. The summed E-state index contributed by atoms with van der Waals surface area (Å²) in [6.07, 6.45) is 1.90. The van der Waals surface area contributed by atoms with Crippen molar-refractivity contribution >= 4 is 21.6 Å². The van der Waals surface area contributed by atoms with Crippen LogP contribution in [-0.4, -0.2) is 10.6 Å². The van der Waals surface area contributed by atoms with E-state index < -0.39 is 0 Å². The van der Waals surface area contributed by atoms with Crippen LogP contribution in [0.25, 0.3) is 10.2 Å². The Morgan fingerprint density at radius 2 is 2.18 bits per heavy atom. The number of nitrogens with zero attached hydrogens (tertiary/aromatic N) is 1. The molecule has 17 heavy (non-hydrogen) atoms. The summed E-state index contributed by atoms with van der Waals surface area (Å²) in [5, 5.41) is 2.06.